The Hall–Kier alpha value is -1.23. The van der Waals surface area contributed by atoms with E-state index in [2.05, 4.69) is 15.9 Å². The summed E-state index contributed by atoms with van der Waals surface area (Å²) in [5, 5.41) is 9.98. The van der Waals surface area contributed by atoms with E-state index in [-0.39, 0.29) is 5.82 Å². The van der Waals surface area contributed by atoms with E-state index in [0.717, 1.165) is 6.20 Å². The number of hydrogen-bond donors (Lipinski definition) is 0. The number of halogens is 2. The van der Waals surface area contributed by atoms with E-state index in [1.807, 2.05) is 0 Å². The van der Waals surface area contributed by atoms with Gasteiger partial charge >= 0.3 is 0 Å². The molecule has 0 heterocycles. The minimum Gasteiger partial charge on any atom is -0.259 e. The van der Waals surface area contributed by atoms with Gasteiger partial charge in [-0.1, -0.05) is 22.0 Å². The molecular formula is C8H5BrFNO2. The normalized spacial score (nSPS) is 10.6. The molecule has 0 fully saturated rings. The van der Waals surface area contributed by atoms with Crippen molar-refractivity contribution in [1.29, 1.82) is 0 Å². The van der Waals surface area contributed by atoms with Crippen LogP contribution in [0.3, 0.4) is 0 Å². The van der Waals surface area contributed by atoms with Gasteiger partial charge in [0.25, 0.3) is 0 Å². The molecule has 0 saturated heterocycles. The van der Waals surface area contributed by atoms with E-state index in [1.54, 1.807) is 0 Å². The van der Waals surface area contributed by atoms with Gasteiger partial charge < -0.3 is 0 Å². The van der Waals surface area contributed by atoms with E-state index in [9.17, 15) is 14.5 Å². The lowest BCUT2D eigenvalue weighted by atomic mass is 10.2. The first-order valence-corrected chi connectivity index (χ1v) is 4.15. The average molecular weight is 246 g/mol. The highest BCUT2D eigenvalue weighted by Crippen LogP contribution is 2.19. The maximum absolute atomic E-state index is 12.6. The van der Waals surface area contributed by atoms with Gasteiger partial charge in [-0.25, -0.2) is 4.39 Å². The Morgan fingerprint density at radius 2 is 2.23 bits per heavy atom. The number of rotatable bonds is 2. The molecule has 68 valence electrons. The Morgan fingerprint density at radius 3 is 2.77 bits per heavy atom. The summed E-state index contributed by atoms with van der Waals surface area (Å²) in [5.41, 5.74) is 0.568. The highest BCUT2D eigenvalue weighted by molar-refractivity contribution is 9.10. The predicted octanol–water partition coefficient (Wildman–Crippen LogP) is 2.84. The van der Waals surface area contributed by atoms with Crippen LogP contribution in [0.2, 0.25) is 0 Å². The van der Waals surface area contributed by atoms with Crippen LogP contribution in [0.15, 0.2) is 28.9 Å². The van der Waals surface area contributed by atoms with Crippen molar-refractivity contribution in [3.05, 3.63) is 50.4 Å². The zero-order chi connectivity index (χ0) is 9.84. The number of nitro groups is 1. The van der Waals surface area contributed by atoms with Crippen LogP contribution in [-0.4, -0.2) is 4.92 Å². The molecule has 0 aliphatic heterocycles. The Bertz CT molecular complexity index is 365. The molecule has 0 saturated carbocycles. The zero-order valence-corrected chi connectivity index (χ0v) is 7.99. The summed E-state index contributed by atoms with van der Waals surface area (Å²) in [4.78, 5) is 9.41. The maximum atomic E-state index is 12.6. The second-order valence-electron chi connectivity index (χ2n) is 2.27. The predicted molar refractivity (Wildman–Crippen MR) is 50.1 cm³/mol. The molecule has 0 unspecified atom stereocenters. The molecule has 0 atom stereocenters. The van der Waals surface area contributed by atoms with Crippen LogP contribution in [0.4, 0.5) is 4.39 Å². The van der Waals surface area contributed by atoms with Crippen molar-refractivity contribution in [3.8, 4) is 0 Å². The fourth-order valence-corrected chi connectivity index (χ4v) is 1.26. The lowest BCUT2D eigenvalue weighted by molar-refractivity contribution is -0.400. The fourth-order valence-electron chi connectivity index (χ4n) is 0.778. The third-order valence-corrected chi connectivity index (χ3v) is 2.03. The molecule has 0 spiro atoms. The van der Waals surface area contributed by atoms with Crippen molar-refractivity contribution in [1.82, 2.24) is 0 Å². The quantitative estimate of drug-likeness (QED) is 0.594. The van der Waals surface area contributed by atoms with Crippen molar-refractivity contribution in [3.63, 3.8) is 0 Å². The third kappa shape index (κ3) is 2.95. The van der Waals surface area contributed by atoms with Crippen LogP contribution in [0.1, 0.15) is 5.56 Å². The van der Waals surface area contributed by atoms with Crippen molar-refractivity contribution >= 4 is 22.0 Å². The molecule has 0 aliphatic carbocycles. The van der Waals surface area contributed by atoms with E-state index >= 15 is 0 Å². The number of nitrogens with zero attached hydrogens (tertiary/aromatic N) is 1. The fraction of sp³-hybridized carbons (Fsp3) is 0. The summed E-state index contributed by atoms with van der Waals surface area (Å²) < 4.78 is 13.0. The molecule has 0 bridgehead atoms. The summed E-state index contributed by atoms with van der Waals surface area (Å²) in [6, 6.07) is 3.95. The van der Waals surface area contributed by atoms with Crippen LogP contribution in [0.25, 0.3) is 6.08 Å². The smallest absolute Gasteiger partial charge is 0.235 e. The highest BCUT2D eigenvalue weighted by atomic mass is 79.9. The van der Waals surface area contributed by atoms with Crippen molar-refractivity contribution in [2.75, 3.05) is 0 Å². The van der Waals surface area contributed by atoms with Crippen molar-refractivity contribution in [2.45, 2.75) is 0 Å². The van der Waals surface area contributed by atoms with Gasteiger partial charge in [-0.3, -0.25) is 10.1 Å². The standard InChI is InChI=1S/C8H5BrFNO2/c9-8-5-7(10)2-1-6(8)3-4-11(12)13/h1-5H/b4-3+. The summed E-state index contributed by atoms with van der Waals surface area (Å²) in [5.74, 6) is -0.384. The van der Waals surface area contributed by atoms with Gasteiger partial charge in [0.05, 0.1) is 4.92 Å². The molecule has 1 aromatic rings. The van der Waals surface area contributed by atoms with Gasteiger partial charge in [0, 0.05) is 10.5 Å². The van der Waals surface area contributed by atoms with E-state index < -0.39 is 4.92 Å². The van der Waals surface area contributed by atoms with E-state index in [4.69, 9.17) is 0 Å². The summed E-state index contributed by atoms with van der Waals surface area (Å²) in [6.45, 7) is 0. The molecule has 0 aromatic heterocycles. The first kappa shape index (κ1) is 9.85. The Labute approximate surface area is 82.2 Å². The molecule has 0 aliphatic rings. The Morgan fingerprint density at radius 1 is 1.54 bits per heavy atom. The van der Waals surface area contributed by atoms with Crippen LogP contribution >= 0.6 is 15.9 Å². The van der Waals surface area contributed by atoms with Gasteiger partial charge in [-0.05, 0) is 17.7 Å². The van der Waals surface area contributed by atoms with Gasteiger partial charge in [-0.15, -0.1) is 0 Å². The summed E-state index contributed by atoms with van der Waals surface area (Å²) >= 11 is 3.08. The SMILES string of the molecule is O=[N+]([O-])/C=C/c1ccc(F)cc1Br. The first-order chi connectivity index (χ1) is 6.09. The monoisotopic (exact) mass is 245 g/mol. The highest BCUT2D eigenvalue weighted by Gasteiger charge is 1.98. The third-order valence-electron chi connectivity index (χ3n) is 1.34. The molecule has 5 heteroatoms. The van der Waals surface area contributed by atoms with Gasteiger partial charge in [0.15, 0.2) is 0 Å². The minimum absolute atomic E-state index is 0.384. The first-order valence-electron chi connectivity index (χ1n) is 3.36. The molecular weight excluding hydrogens is 241 g/mol. The largest absolute Gasteiger partial charge is 0.259 e. The Balaban J connectivity index is 2.96. The molecule has 3 nitrogen and oxygen atoms in total. The molecule has 0 radical (unpaired) electrons. The molecule has 1 aromatic carbocycles. The zero-order valence-electron chi connectivity index (χ0n) is 6.41. The second kappa shape index (κ2) is 4.13. The van der Waals surface area contributed by atoms with Crippen LogP contribution in [0.5, 0.6) is 0 Å². The van der Waals surface area contributed by atoms with E-state index in [0.29, 0.717) is 10.0 Å². The topological polar surface area (TPSA) is 43.1 Å². The van der Waals surface area contributed by atoms with Gasteiger partial charge in [0.1, 0.15) is 5.82 Å². The molecule has 1 rings (SSSR count). The van der Waals surface area contributed by atoms with Crippen LogP contribution in [-0.2, 0) is 0 Å². The van der Waals surface area contributed by atoms with Gasteiger partial charge in [0.2, 0.25) is 6.20 Å². The summed E-state index contributed by atoms with van der Waals surface area (Å²) in [6.07, 6.45) is 2.10. The minimum atomic E-state index is -0.574. The second-order valence-corrected chi connectivity index (χ2v) is 3.12. The average Bonchev–Trinajstić information content (AvgIpc) is 2.02. The maximum Gasteiger partial charge on any atom is 0.235 e. The van der Waals surface area contributed by atoms with E-state index in [1.165, 1.54) is 24.3 Å². The summed E-state index contributed by atoms with van der Waals surface area (Å²) in [7, 11) is 0. The molecule has 0 N–H and O–H groups in total. The number of hydrogen-bond acceptors (Lipinski definition) is 2. The van der Waals surface area contributed by atoms with Crippen molar-refractivity contribution < 1.29 is 9.31 Å². The molecule has 0 amide bonds. The lowest BCUT2D eigenvalue weighted by Gasteiger charge is -1.95. The Kier molecular flexibility index (Phi) is 3.13. The van der Waals surface area contributed by atoms with Crippen LogP contribution < -0.4 is 0 Å². The number of benzene rings is 1. The van der Waals surface area contributed by atoms with Crippen LogP contribution in [0, 0.1) is 15.9 Å². The lowest BCUT2D eigenvalue weighted by Crippen LogP contribution is -1.84. The van der Waals surface area contributed by atoms with Crippen molar-refractivity contribution in [2.24, 2.45) is 0 Å². The molecule has 13 heavy (non-hydrogen) atoms. The van der Waals surface area contributed by atoms with Gasteiger partial charge in [-0.2, -0.15) is 0 Å².